The van der Waals surface area contributed by atoms with Gasteiger partial charge in [-0.25, -0.2) is 0 Å². The highest BCUT2D eigenvalue weighted by molar-refractivity contribution is 7.99. The van der Waals surface area contributed by atoms with Crippen LogP contribution in [0.3, 0.4) is 0 Å². The van der Waals surface area contributed by atoms with Gasteiger partial charge in [-0.05, 0) is 29.5 Å². The first-order valence-electron chi connectivity index (χ1n) is 8.24. The van der Waals surface area contributed by atoms with E-state index in [1.165, 1.54) is 18.0 Å². The van der Waals surface area contributed by atoms with Gasteiger partial charge in [-0.3, -0.25) is 4.79 Å². The Morgan fingerprint density at radius 1 is 0.962 bits per heavy atom. The van der Waals surface area contributed by atoms with Gasteiger partial charge in [-0.2, -0.15) is 4.73 Å². The van der Waals surface area contributed by atoms with Gasteiger partial charge in [0.15, 0.2) is 12.0 Å². The Hall–Kier alpha value is -3.05. The van der Waals surface area contributed by atoms with Crippen LogP contribution < -0.4 is 4.73 Å². The number of carbonyl (C=O) groups excluding carboxylic acids is 1. The lowest BCUT2D eigenvalue weighted by molar-refractivity contribution is -0.645. The zero-order valence-corrected chi connectivity index (χ0v) is 14.7. The van der Waals surface area contributed by atoms with Crippen molar-refractivity contribution in [3.05, 3.63) is 89.8 Å². The van der Waals surface area contributed by atoms with Crippen LogP contribution in [0, 0.1) is 5.21 Å². The number of fused-ring (bicyclic) bond motifs is 1. The van der Waals surface area contributed by atoms with Crippen molar-refractivity contribution in [2.24, 2.45) is 0 Å². The van der Waals surface area contributed by atoms with Gasteiger partial charge in [0.1, 0.15) is 0 Å². The highest BCUT2D eigenvalue weighted by Crippen LogP contribution is 2.31. The fourth-order valence-corrected chi connectivity index (χ4v) is 3.78. The van der Waals surface area contributed by atoms with E-state index in [2.05, 4.69) is 4.98 Å². The van der Waals surface area contributed by atoms with Crippen LogP contribution in [-0.2, 0) is 0 Å². The molecule has 1 N–H and O–H groups in total. The maximum Gasteiger partial charge on any atom is 0.251 e. The van der Waals surface area contributed by atoms with Crippen molar-refractivity contribution in [1.29, 1.82) is 0 Å². The Morgan fingerprint density at radius 2 is 1.69 bits per heavy atom. The first-order chi connectivity index (χ1) is 12.7. The second-order valence-corrected chi connectivity index (χ2v) is 6.86. The van der Waals surface area contributed by atoms with Gasteiger partial charge in [0.05, 0.1) is 17.0 Å². The first-order valence-corrected chi connectivity index (χ1v) is 9.23. The van der Waals surface area contributed by atoms with Crippen molar-refractivity contribution in [1.82, 2.24) is 4.98 Å². The number of ketones is 1. The molecule has 2 aromatic carbocycles. The van der Waals surface area contributed by atoms with E-state index < -0.39 is 0 Å². The van der Waals surface area contributed by atoms with E-state index in [4.69, 9.17) is 0 Å². The van der Waals surface area contributed by atoms with E-state index in [0.29, 0.717) is 10.6 Å². The predicted molar refractivity (Wildman–Crippen MR) is 104 cm³/mol. The summed E-state index contributed by atoms with van der Waals surface area (Å²) in [5.41, 5.74) is 3.39. The molecule has 0 fully saturated rings. The Bertz CT molecular complexity index is 1070. The van der Waals surface area contributed by atoms with Gasteiger partial charge in [-0.1, -0.05) is 48.5 Å². The van der Waals surface area contributed by atoms with E-state index in [1.807, 2.05) is 54.6 Å². The van der Waals surface area contributed by atoms with Crippen molar-refractivity contribution in [2.45, 2.75) is 5.03 Å². The van der Waals surface area contributed by atoms with Crippen molar-refractivity contribution < 1.29 is 9.52 Å². The van der Waals surface area contributed by atoms with Gasteiger partial charge in [-0.15, -0.1) is 0 Å². The summed E-state index contributed by atoms with van der Waals surface area (Å²) in [7, 11) is 0. The molecule has 0 spiro atoms. The minimum atomic E-state index is -0.00449. The molecule has 4 aromatic rings. The molecule has 128 valence electrons. The molecule has 0 bridgehead atoms. The predicted octanol–water partition coefficient (Wildman–Crippen LogP) is 4.44. The van der Waals surface area contributed by atoms with E-state index >= 15 is 0 Å². The van der Waals surface area contributed by atoms with Crippen molar-refractivity contribution >= 4 is 28.4 Å². The molecule has 0 unspecified atom stereocenters. The number of benzene rings is 2. The number of aromatic amines is 1. The zero-order valence-electron chi connectivity index (χ0n) is 13.9. The number of carbonyl (C=O) groups is 1. The molecule has 0 amide bonds. The summed E-state index contributed by atoms with van der Waals surface area (Å²) in [4.78, 5) is 16.4. The third-order valence-electron chi connectivity index (χ3n) is 4.19. The average molecular weight is 360 g/mol. The number of aromatic nitrogens is 2. The minimum Gasteiger partial charge on any atom is -0.618 e. The number of Topliss-reactive ketones (excluding diaryl/α,β-unsaturated/α-hetero) is 1. The third-order valence-corrected chi connectivity index (χ3v) is 5.21. The van der Waals surface area contributed by atoms with Gasteiger partial charge in [0, 0.05) is 23.0 Å². The fourth-order valence-electron chi connectivity index (χ4n) is 2.99. The Morgan fingerprint density at radius 3 is 2.50 bits per heavy atom. The van der Waals surface area contributed by atoms with Gasteiger partial charge < -0.3 is 10.2 Å². The summed E-state index contributed by atoms with van der Waals surface area (Å²) < 4.78 is 0.783. The lowest BCUT2D eigenvalue weighted by Gasteiger charge is -2.05. The van der Waals surface area contributed by atoms with Crippen LogP contribution in [0.4, 0.5) is 0 Å². The average Bonchev–Trinajstić information content (AvgIpc) is 3.07. The van der Waals surface area contributed by atoms with E-state index in [1.54, 1.807) is 18.2 Å². The SMILES string of the molecule is O=C(CSc1cccc[n+]1[O-])c1c(-c2ccccc2)[nH]c2ccccc12. The number of pyridine rings is 1. The number of nitrogens with zero attached hydrogens (tertiary/aromatic N) is 1. The number of H-pyrrole nitrogens is 1. The van der Waals surface area contributed by atoms with Crippen LogP contribution >= 0.6 is 11.8 Å². The largest absolute Gasteiger partial charge is 0.618 e. The van der Waals surface area contributed by atoms with E-state index in [9.17, 15) is 10.0 Å². The fraction of sp³-hybridized carbons (Fsp3) is 0.0476. The summed E-state index contributed by atoms with van der Waals surface area (Å²) in [5, 5.41) is 13.2. The Balaban J connectivity index is 1.73. The molecule has 0 aliphatic rings. The molecular weight excluding hydrogens is 344 g/mol. The van der Waals surface area contributed by atoms with Gasteiger partial charge in [0.25, 0.3) is 5.03 Å². The molecule has 0 atom stereocenters. The van der Waals surface area contributed by atoms with Crippen LogP contribution in [0.2, 0.25) is 0 Å². The van der Waals surface area contributed by atoms with Crippen LogP contribution in [0.1, 0.15) is 10.4 Å². The van der Waals surface area contributed by atoms with Crippen molar-refractivity contribution in [2.75, 3.05) is 5.75 Å². The smallest absolute Gasteiger partial charge is 0.251 e. The third kappa shape index (κ3) is 3.09. The van der Waals surface area contributed by atoms with E-state index in [0.717, 1.165) is 26.9 Å². The normalized spacial score (nSPS) is 10.9. The maximum atomic E-state index is 13.0. The summed E-state index contributed by atoms with van der Waals surface area (Å²) in [6, 6.07) is 22.8. The molecule has 26 heavy (non-hydrogen) atoms. The molecule has 0 radical (unpaired) electrons. The number of rotatable bonds is 5. The summed E-state index contributed by atoms with van der Waals surface area (Å²) in [6.07, 6.45) is 1.44. The molecule has 4 rings (SSSR count). The number of hydrogen-bond donors (Lipinski definition) is 1. The van der Waals surface area contributed by atoms with Crippen molar-refractivity contribution in [3.8, 4) is 11.3 Å². The number of para-hydroxylation sites is 1. The van der Waals surface area contributed by atoms with Gasteiger partial charge in [0.2, 0.25) is 0 Å². The molecule has 2 aromatic heterocycles. The van der Waals surface area contributed by atoms with Crippen molar-refractivity contribution in [3.63, 3.8) is 0 Å². The van der Waals surface area contributed by atoms with Crippen LogP contribution in [0.25, 0.3) is 22.2 Å². The second-order valence-electron chi connectivity index (χ2n) is 5.86. The van der Waals surface area contributed by atoms with Gasteiger partial charge >= 0.3 is 0 Å². The lowest BCUT2D eigenvalue weighted by atomic mass is 10.0. The molecule has 0 saturated carbocycles. The monoisotopic (exact) mass is 360 g/mol. The topological polar surface area (TPSA) is 59.8 Å². The Kier molecular flexibility index (Phi) is 4.46. The summed E-state index contributed by atoms with van der Waals surface area (Å²) in [6.45, 7) is 0. The maximum absolute atomic E-state index is 13.0. The zero-order chi connectivity index (χ0) is 17.9. The number of hydrogen-bond acceptors (Lipinski definition) is 3. The molecule has 2 heterocycles. The van der Waals surface area contributed by atoms with Crippen LogP contribution in [0.5, 0.6) is 0 Å². The quantitative estimate of drug-likeness (QED) is 0.248. The highest BCUT2D eigenvalue weighted by atomic mass is 32.2. The standard InChI is InChI=1S/C21H16N2O2S/c24-18(14-26-19-12-6-7-13-23(19)25)20-16-10-4-5-11-17(16)22-21(20)15-8-2-1-3-9-15/h1-13,22H,14H2. The molecule has 0 saturated heterocycles. The molecule has 0 aliphatic heterocycles. The summed E-state index contributed by atoms with van der Waals surface area (Å²) >= 11 is 1.25. The number of thioether (sulfide) groups is 1. The molecule has 0 aliphatic carbocycles. The van der Waals surface area contributed by atoms with E-state index in [-0.39, 0.29) is 11.5 Å². The van der Waals surface area contributed by atoms with Crippen LogP contribution in [0.15, 0.2) is 84.0 Å². The first kappa shape index (κ1) is 16.4. The molecule has 4 nitrogen and oxygen atoms in total. The molecular formula is C21H16N2O2S. The highest BCUT2D eigenvalue weighted by Gasteiger charge is 2.20. The lowest BCUT2D eigenvalue weighted by Crippen LogP contribution is -2.28. The minimum absolute atomic E-state index is 0.00449. The number of nitrogens with one attached hydrogen (secondary N) is 1. The van der Waals surface area contributed by atoms with Crippen LogP contribution in [-0.4, -0.2) is 16.5 Å². The second kappa shape index (κ2) is 7.06. The summed E-state index contributed by atoms with van der Waals surface area (Å²) in [5.74, 6) is 0.198. The Labute approximate surface area is 155 Å². The molecule has 5 heteroatoms.